The van der Waals surface area contributed by atoms with Crippen LogP contribution in [0.3, 0.4) is 0 Å². The van der Waals surface area contributed by atoms with Gasteiger partial charge in [-0.25, -0.2) is 0 Å². The van der Waals surface area contributed by atoms with Gasteiger partial charge >= 0.3 is 0 Å². The maximum atomic E-state index is 6.34. The first-order chi connectivity index (χ1) is 9.06. The summed E-state index contributed by atoms with van der Waals surface area (Å²) in [4.78, 5) is 0. The molecule has 1 saturated heterocycles. The SMILES string of the molecule is CC1(C)COc2ccc(C(N)CC3CCCO3)cc21. The van der Waals surface area contributed by atoms with Crippen molar-refractivity contribution in [2.45, 2.75) is 50.7 Å². The van der Waals surface area contributed by atoms with Crippen LogP contribution in [0.2, 0.25) is 0 Å². The summed E-state index contributed by atoms with van der Waals surface area (Å²) in [6.07, 6.45) is 3.57. The largest absolute Gasteiger partial charge is 0.492 e. The van der Waals surface area contributed by atoms with E-state index >= 15 is 0 Å². The zero-order valence-corrected chi connectivity index (χ0v) is 11.8. The predicted octanol–water partition coefficient (Wildman–Crippen LogP) is 2.93. The number of hydrogen-bond acceptors (Lipinski definition) is 3. The second kappa shape index (κ2) is 4.80. The van der Waals surface area contributed by atoms with E-state index in [1.165, 1.54) is 17.5 Å². The summed E-state index contributed by atoms with van der Waals surface area (Å²) < 4.78 is 11.4. The number of hydrogen-bond donors (Lipinski definition) is 1. The first-order valence-electron chi connectivity index (χ1n) is 7.21. The van der Waals surface area contributed by atoms with E-state index in [-0.39, 0.29) is 11.5 Å². The molecule has 2 heterocycles. The van der Waals surface area contributed by atoms with E-state index in [9.17, 15) is 0 Å². The van der Waals surface area contributed by atoms with Crippen LogP contribution in [0.25, 0.3) is 0 Å². The standard InChI is InChI=1S/C16H23NO2/c1-16(2)10-19-15-6-5-11(8-13(15)16)14(17)9-12-4-3-7-18-12/h5-6,8,12,14H,3-4,7,9-10,17H2,1-2H3. The Morgan fingerprint density at radius 1 is 1.42 bits per heavy atom. The summed E-state index contributed by atoms with van der Waals surface area (Å²) in [5.74, 6) is 1.01. The van der Waals surface area contributed by atoms with Crippen LogP contribution in [0, 0.1) is 0 Å². The van der Waals surface area contributed by atoms with Crippen LogP contribution in [-0.2, 0) is 10.2 Å². The minimum Gasteiger partial charge on any atom is -0.492 e. The van der Waals surface area contributed by atoms with E-state index < -0.39 is 0 Å². The summed E-state index contributed by atoms with van der Waals surface area (Å²) in [7, 11) is 0. The van der Waals surface area contributed by atoms with Crippen molar-refractivity contribution in [3.63, 3.8) is 0 Å². The predicted molar refractivity (Wildman–Crippen MR) is 75.5 cm³/mol. The second-order valence-corrected chi connectivity index (χ2v) is 6.41. The van der Waals surface area contributed by atoms with Gasteiger partial charge in [0.25, 0.3) is 0 Å². The highest BCUT2D eigenvalue weighted by molar-refractivity contribution is 5.45. The Morgan fingerprint density at radius 2 is 2.26 bits per heavy atom. The van der Waals surface area contributed by atoms with Gasteiger partial charge in [0.1, 0.15) is 5.75 Å². The molecule has 0 saturated carbocycles. The Labute approximate surface area is 115 Å². The molecule has 0 aliphatic carbocycles. The van der Waals surface area contributed by atoms with Crippen LogP contribution in [0.1, 0.15) is 50.3 Å². The van der Waals surface area contributed by atoms with Gasteiger partial charge in [-0.15, -0.1) is 0 Å². The molecule has 0 spiro atoms. The molecule has 0 amide bonds. The Balaban J connectivity index is 1.78. The van der Waals surface area contributed by atoms with Crippen molar-refractivity contribution in [2.75, 3.05) is 13.2 Å². The lowest BCUT2D eigenvalue weighted by Crippen LogP contribution is -2.20. The minimum atomic E-state index is 0.0600. The van der Waals surface area contributed by atoms with Gasteiger partial charge in [0, 0.05) is 23.6 Å². The zero-order valence-electron chi connectivity index (χ0n) is 11.8. The molecule has 2 aliphatic heterocycles. The second-order valence-electron chi connectivity index (χ2n) is 6.41. The Kier molecular flexibility index (Phi) is 3.27. The van der Waals surface area contributed by atoms with Crippen LogP contribution in [0.4, 0.5) is 0 Å². The molecule has 0 aromatic heterocycles. The van der Waals surface area contributed by atoms with Gasteiger partial charge in [-0.2, -0.15) is 0 Å². The topological polar surface area (TPSA) is 44.5 Å². The van der Waals surface area contributed by atoms with E-state index in [0.29, 0.717) is 6.10 Å². The van der Waals surface area contributed by atoms with Gasteiger partial charge < -0.3 is 15.2 Å². The van der Waals surface area contributed by atoms with Crippen LogP contribution in [0.15, 0.2) is 18.2 Å². The van der Waals surface area contributed by atoms with Gasteiger partial charge in [0.05, 0.1) is 12.7 Å². The maximum Gasteiger partial charge on any atom is 0.123 e. The molecule has 19 heavy (non-hydrogen) atoms. The summed E-state index contributed by atoms with van der Waals surface area (Å²) in [6.45, 7) is 6.08. The summed E-state index contributed by atoms with van der Waals surface area (Å²) >= 11 is 0. The number of rotatable bonds is 3. The van der Waals surface area contributed by atoms with Crippen molar-refractivity contribution in [1.82, 2.24) is 0 Å². The molecule has 1 aromatic rings. The summed E-state index contributed by atoms with van der Waals surface area (Å²) in [5, 5.41) is 0. The molecule has 2 aliphatic rings. The molecule has 2 unspecified atom stereocenters. The van der Waals surface area contributed by atoms with Crippen molar-refractivity contribution in [3.8, 4) is 5.75 Å². The lowest BCUT2D eigenvalue weighted by molar-refractivity contribution is 0.0983. The van der Waals surface area contributed by atoms with Crippen molar-refractivity contribution in [2.24, 2.45) is 5.73 Å². The number of benzene rings is 1. The molecular formula is C16H23NO2. The van der Waals surface area contributed by atoms with Crippen LogP contribution in [0.5, 0.6) is 5.75 Å². The Hall–Kier alpha value is -1.06. The number of ether oxygens (including phenoxy) is 2. The third-order valence-electron chi connectivity index (χ3n) is 4.29. The van der Waals surface area contributed by atoms with E-state index in [0.717, 1.165) is 31.8 Å². The monoisotopic (exact) mass is 261 g/mol. The summed E-state index contributed by atoms with van der Waals surface area (Å²) in [5.41, 5.74) is 8.92. The van der Waals surface area contributed by atoms with E-state index in [4.69, 9.17) is 15.2 Å². The molecule has 3 heteroatoms. The average Bonchev–Trinajstić information content (AvgIpc) is 2.98. The molecule has 2 N–H and O–H groups in total. The van der Waals surface area contributed by atoms with Crippen molar-refractivity contribution < 1.29 is 9.47 Å². The first-order valence-corrected chi connectivity index (χ1v) is 7.21. The fraction of sp³-hybridized carbons (Fsp3) is 0.625. The quantitative estimate of drug-likeness (QED) is 0.910. The van der Waals surface area contributed by atoms with Crippen molar-refractivity contribution >= 4 is 0 Å². The minimum absolute atomic E-state index is 0.0600. The highest BCUT2D eigenvalue weighted by Crippen LogP contribution is 2.39. The molecule has 2 atom stereocenters. The van der Waals surface area contributed by atoms with E-state index in [1.807, 2.05) is 0 Å². The molecule has 3 rings (SSSR count). The highest BCUT2D eigenvalue weighted by Gasteiger charge is 2.32. The van der Waals surface area contributed by atoms with E-state index in [2.05, 4.69) is 32.0 Å². The lowest BCUT2D eigenvalue weighted by atomic mass is 9.85. The lowest BCUT2D eigenvalue weighted by Gasteiger charge is -2.20. The van der Waals surface area contributed by atoms with Crippen LogP contribution in [-0.4, -0.2) is 19.3 Å². The Morgan fingerprint density at radius 3 is 3.00 bits per heavy atom. The first kappa shape index (κ1) is 12.9. The van der Waals surface area contributed by atoms with Crippen molar-refractivity contribution in [3.05, 3.63) is 29.3 Å². The molecule has 3 nitrogen and oxygen atoms in total. The highest BCUT2D eigenvalue weighted by atomic mass is 16.5. The van der Waals surface area contributed by atoms with Gasteiger partial charge in [-0.05, 0) is 37.0 Å². The molecular weight excluding hydrogens is 238 g/mol. The smallest absolute Gasteiger partial charge is 0.123 e. The fourth-order valence-electron chi connectivity index (χ4n) is 3.02. The summed E-state index contributed by atoms with van der Waals surface area (Å²) in [6, 6.07) is 6.45. The molecule has 0 bridgehead atoms. The number of fused-ring (bicyclic) bond motifs is 1. The molecule has 0 radical (unpaired) electrons. The van der Waals surface area contributed by atoms with Gasteiger partial charge in [0.15, 0.2) is 0 Å². The molecule has 104 valence electrons. The van der Waals surface area contributed by atoms with Crippen LogP contribution >= 0.6 is 0 Å². The average molecular weight is 261 g/mol. The van der Waals surface area contributed by atoms with Gasteiger partial charge in [-0.1, -0.05) is 19.9 Å². The van der Waals surface area contributed by atoms with Crippen molar-refractivity contribution in [1.29, 1.82) is 0 Å². The van der Waals surface area contributed by atoms with Gasteiger partial charge in [0.2, 0.25) is 0 Å². The third kappa shape index (κ3) is 2.49. The number of nitrogens with two attached hydrogens (primary N) is 1. The van der Waals surface area contributed by atoms with Crippen LogP contribution < -0.4 is 10.5 Å². The maximum absolute atomic E-state index is 6.34. The normalized spacial score (nSPS) is 25.9. The third-order valence-corrected chi connectivity index (χ3v) is 4.29. The molecule has 1 fully saturated rings. The zero-order chi connectivity index (χ0) is 13.5. The molecule has 1 aromatic carbocycles. The van der Waals surface area contributed by atoms with Gasteiger partial charge in [-0.3, -0.25) is 0 Å². The fourth-order valence-corrected chi connectivity index (χ4v) is 3.02. The van der Waals surface area contributed by atoms with E-state index in [1.54, 1.807) is 0 Å². The Bertz CT molecular complexity index is 464.